The lowest BCUT2D eigenvalue weighted by atomic mass is 9.91. The molecule has 1 amide bonds. The molecule has 1 N–H and O–H groups in total. The van der Waals surface area contributed by atoms with Gasteiger partial charge in [0.05, 0.1) is 18.9 Å². The second-order valence-electron chi connectivity index (χ2n) is 8.14. The van der Waals surface area contributed by atoms with Crippen molar-refractivity contribution in [3.63, 3.8) is 0 Å². The minimum atomic E-state index is -4.61. The molecule has 29 heavy (non-hydrogen) atoms. The van der Waals surface area contributed by atoms with Crippen LogP contribution in [0.25, 0.3) is 5.65 Å². The zero-order valence-electron chi connectivity index (χ0n) is 16.8. The third-order valence-corrected chi connectivity index (χ3v) is 4.76. The maximum Gasteiger partial charge on any atom is 0.433 e. The number of amides is 1. The second-order valence-corrected chi connectivity index (χ2v) is 8.14. The van der Waals surface area contributed by atoms with Crippen LogP contribution in [-0.4, -0.2) is 64.8 Å². The Morgan fingerprint density at radius 2 is 1.90 bits per heavy atom. The highest BCUT2D eigenvalue weighted by Crippen LogP contribution is 2.32. The number of hydrogen-bond donors (Lipinski definition) is 1. The summed E-state index contributed by atoms with van der Waals surface area (Å²) in [5, 5.41) is 6.59. The number of morpholine rings is 1. The molecule has 7 nitrogen and oxygen atoms in total. The zero-order valence-corrected chi connectivity index (χ0v) is 16.8. The fourth-order valence-electron chi connectivity index (χ4n) is 3.09. The molecule has 0 unspecified atom stereocenters. The minimum Gasteiger partial charge on any atom is -0.379 e. The molecule has 1 fully saturated rings. The van der Waals surface area contributed by atoms with Gasteiger partial charge in [0.15, 0.2) is 11.3 Å². The lowest BCUT2D eigenvalue weighted by molar-refractivity contribution is -0.142. The van der Waals surface area contributed by atoms with E-state index >= 15 is 0 Å². The van der Waals surface area contributed by atoms with E-state index in [1.54, 1.807) is 20.8 Å². The van der Waals surface area contributed by atoms with Crippen LogP contribution in [-0.2, 0) is 16.3 Å². The monoisotopic (exact) mass is 413 g/mol. The van der Waals surface area contributed by atoms with Crippen molar-refractivity contribution in [2.75, 3.05) is 39.4 Å². The van der Waals surface area contributed by atoms with Crippen LogP contribution in [0.1, 0.15) is 49.1 Å². The van der Waals surface area contributed by atoms with Gasteiger partial charge in [-0.25, -0.2) is 9.50 Å². The van der Waals surface area contributed by atoms with Crippen LogP contribution in [0.15, 0.2) is 12.1 Å². The SMILES string of the molecule is CC(C)(C)c1cc(C(F)(F)F)n2nc(C(=O)NCCCN3CCOCC3)cc2n1. The second kappa shape index (κ2) is 8.27. The normalized spacial score (nSPS) is 16.3. The fraction of sp³-hybridized carbons (Fsp3) is 0.632. The number of carbonyl (C=O) groups excluding carboxylic acids is 1. The first-order valence-electron chi connectivity index (χ1n) is 9.62. The summed E-state index contributed by atoms with van der Waals surface area (Å²) in [4.78, 5) is 18.9. The number of rotatable bonds is 5. The molecule has 0 atom stereocenters. The van der Waals surface area contributed by atoms with Gasteiger partial charge in [-0.05, 0) is 19.0 Å². The molecule has 0 saturated carbocycles. The predicted octanol–water partition coefficient (Wildman–Crippen LogP) is 2.50. The molecule has 2 aromatic heterocycles. The molecule has 3 rings (SSSR count). The van der Waals surface area contributed by atoms with Crippen molar-refractivity contribution >= 4 is 11.6 Å². The standard InChI is InChI=1S/C19H26F3N5O2/c1-18(2,3)14-12-15(19(20,21)22)27-16(24-14)11-13(25-27)17(28)23-5-4-6-26-7-9-29-10-8-26/h11-12H,4-10H2,1-3H3,(H,23,28). The quantitative estimate of drug-likeness (QED) is 0.763. The highest BCUT2D eigenvalue weighted by molar-refractivity contribution is 5.93. The summed E-state index contributed by atoms with van der Waals surface area (Å²) >= 11 is 0. The third-order valence-electron chi connectivity index (χ3n) is 4.76. The van der Waals surface area contributed by atoms with Crippen LogP contribution in [0.4, 0.5) is 13.2 Å². The highest BCUT2D eigenvalue weighted by Gasteiger charge is 2.36. The van der Waals surface area contributed by atoms with Gasteiger partial charge in [-0.3, -0.25) is 9.69 Å². The third kappa shape index (κ3) is 5.24. The van der Waals surface area contributed by atoms with E-state index in [9.17, 15) is 18.0 Å². The van der Waals surface area contributed by atoms with Gasteiger partial charge in [-0.2, -0.15) is 18.3 Å². The molecule has 1 saturated heterocycles. The molecule has 0 aromatic carbocycles. The minimum absolute atomic E-state index is 0.00298. The largest absolute Gasteiger partial charge is 0.433 e. The van der Waals surface area contributed by atoms with Gasteiger partial charge in [0, 0.05) is 31.1 Å². The highest BCUT2D eigenvalue weighted by atomic mass is 19.4. The van der Waals surface area contributed by atoms with E-state index in [1.165, 1.54) is 6.07 Å². The van der Waals surface area contributed by atoms with Crippen molar-refractivity contribution in [3.05, 3.63) is 29.2 Å². The number of carbonyl (C=O) groups is 1. The van der Waals surface area contributed by atoms with Gasteiger partial charge in [-0.1, -0.05) is 20.8 Å². The fourth-order valence-corrected chi connectivity index (χ4v) is 3.09. The number of ether oxygens (including phenoxy) is 1. The molecule has 0 spiro atoms. The van der Waals surface area contributed by atoms with E-state index in [1.807, 2.05) is 0 Å². The van der Waals surface area contributed by atoms with Gasteiger partial charge >= 0.3 is 6.18 Å². The molecular weight excluding hydrogens is 387 g/mol. The Morgan fingerprint density at radius 3 is 2.52 bits per heavy atom. The smallest absolute Gasteiger partial charge is 0.379 e. The Hall–Kier alpha value is -2.20. The van der Waals surface area contributed by atoms with Crippen molar-refractivity contribution in [2.45, 2.75) is 38.8 Å². The average Bonchev–Trinajstić information content (AvgIpc) is 3.07. The van der Waals surface area contributed by atoms with Crippen LogP contribution in [0.5, 0.6) is 0 Å². The zero-order chi connectivity index (χ0) is 21.2. The molecule has 0 bridgehead atoms. The Bertz CT molecular complexity index is 867. The summed E-state index contributed by atoms with van der Waals surface area (Å²) in [6.45, 7) is 9.72. The van der Waals surface area contributed by atoms with Crippen molar-refractivity contribution in [1.82, 2.24) is 24.8 Å². The first kappa shape index (κ1) is 21.5. The summed E-state index contributed by atoms with van der Waals surface area (Å²) in [6, 6.07) is 2.28. The van der Waals surface area contributed by atoms with Gasteiger partial charge in [-0.15, -0.1) is 0 Å². The van der Waals surface area contributed by atoms with E-state index in [-0.39, 0.29) is 17.0 Å². The van der Waals surface area contributed by atoms with Crippen molar-refractivity contribution in [1.29, 1.82) is 0 Å². The number of hydrogen-bond acceptors (Lipinski definition) is 5. The predicted molar refractivity (Wildman–Crippen MR) is 101 cm³/mol. The maximum absolute atomic E-state index is 13.5. The molecule has 2 aromatic rings. The van der Waals surface area contributed by atoms with Crippen LogP contribution >= 0.6 is 0 Å². The van der Waals surface area contributed by atoms with E-state index < -0.39 is 23.2 Å². The number of halogens is 3. The molecule has 10 heteroatoms. The summed E-state index contributed by atoms with van der Waals surface area (Å²) in [5.74, 6) is -0.511. The Labute approximate surface area is 167 Å². The molecule has 0 aliphatic carbocycles. The number of aromatic nitrogens is 3. The Balaban J connectivity index is 1.73. The van der Waals surface area contributed by atoms with E-state index in [2.05, 4.69) is 20.3 Å². The van der Waals surface area contributed by atoms with E-state index in [0.29, 0.717) is 24.3 Å². The Morgan fingerprint density at radius 1 is 1.21 bits per heavy atom. The maximum atomic E-state index is 13.5. The first-order valence-corrected chi connectivity index (χ1v) is 9.62. The topological polar surface area (TPSA) is 71.8 Å². The molecular formula is C19H26F3N5O2. The summed E-state index contributed by atoms with van der Waals surface area (Å²) < 4.78 is 46.5. The summed E-state index contributed by atoms with van der Waals surface area (Å²) in [5.41, 5.74) is -1.31. The Kier molecular flexibility index (Phi) is 6.13. The lowest BCUT2D eigenvalue weighted by Gasteiger charge is -2.26. The summed E-state index contributed by atoms with van der Waals surface area (Å²) in [6.07, 6.45) is -3.88. The number of alkyl halides is 3. The van der Waals surface area contributed by atoms with Crippen LogP contribution in [0, 0.1) is 0 Å². The number of nitrogens with one attached hydrogen (secondary N) is 1. The molecule has 0 radical (unpaired) electrons. The number of nitrogens with zero attached hydrogens (tertiary/aromatic N) is 4. The van der Waals surface area contributed by atoms with Crippen LogP contribution in [0.2, 0.25) is 0 Å². The van der Waals surface area contributed by atoms with Crippen molar-refractivity contribution in [2.24, 2.45) is 0 Å². The van der Waals surface area contributed by atoms with Gasteiger partial charge in [0.2, 0.25) is 0 Å². The van der Waals surface area contributed by atoms with Crippen molar-refractivity contribution < 1.29 is 22.7 Å². The van der Waals surface area contributed by atoms with Crippen LogP contribution in [0.3, 0.4) is 0 Å². The van der Waals surface area contributed by atoms with Gasteiger partial charge < -0.3 is 10.1 Å². The van der Waals surface area contributed by atoms with Gasteiger partial charge in [0.25, 0.3) is 5.91 Å². The summed E-state index contributed by atoms with van der Waals surface area (Å²) in [7, 11) is 0. The van der Waals surface area contributed by atoms with E-state index in [0.717, 1.165) is 32.1 Å². The van der Waals surface area contributed by atoms with E-state index in [4.69, 9.17) is 4.74 Å². The molecule has 1 aliphatic rings. The molecule has 1 aliphatic heterocycles. The van der Waals surface area contributed by atoms with Crippen LogP contribution < -0.4 is 5.32 Å². The van der Waals surface area contributed by atoms with Gasteiger partial charge in [0.1, 0.15) is 5.69 Å². The first-order chi connectivity index (χ1) is 13.6. The molecule has 160 valence electrons. The van der Waals surface area contributed by atoms with Crippen molar-refractivity contribution in [3.8, 4) is 0 Å². The lowest BCUT2D eigenvalue weighted by Crippen LogP contribution is -2.38. The number of fused-ring (bicyclic) bond motifs is 1. The molecule has 3 heterocycles. The average molecular weight is 413 g/mol.